The van der Waals surface area contributed by atoms with Crippen molar-refractivity contribution in [1.29, 1.82) is 0 Å². The van der Waals surface area contributed by atoms with Crippen molar-refractivity contribution in [2.75, 3.05) is 25.1 Å². The standard InChI is InChI=1S/C27H28FN7O3/c1-17(36)32-14-27(2)15-37-25(38-16-27)24-34-22(18-6-8-19(28)9-7-18)23(35-24)21-10-12-30-26(33-21)31-13-20-5-3-4-11-29-20/h3-12,25H,13-16H2,1-2H3,(H,32,36)(H,34,35)(H,30,31,33). The summed E-state index contributed by atoms with van der Waals surface area (Å²) in [4.78, 5) is 32.7. The SMILES string of the molecule is CC(=O)NCC1(C)COC(c2nc(-c3ccc(F)cc3)c(-c3ccnc(NCc4ccccn4)n3)[nH]2)OC1. The number of rotatable bonds is 8. The molecule has 0 spiro atoms. The Balaban J connectivity index is 1.41. The van der Waals surface area contributed by atoms with Crippen LogP contribution in [0, 0.1) is 11.2 Å². The average Bonchev–Trinajstić information content (AvgIpc) is 3.38. The van der Waals surface area contributed by atoms with Crippen molar-refractivity contribution in [2.45, 2.75) is 26.7 Å². The van der Waals surface area contributed by atoms with E-state index < -0.39 is 6.29 Å². The first-order valence-corrected chi connectivity index (χ1v) is 12.2. The highest BCUT2D eigenvalue weighted by Gasteiger charge is 2.35. The van der Waals surface area contributed by atoms with Crippen LogP contribution < -0.4 is 10.6 Å². The molecule has 38 heavy (non-hydrogen) atoms. The second-order valence-corrected chi connectivity index (χ2v) is 9.47. The molecule has 0 aliphatic carbocycles. The summed E-state index contributed by atoms with van der Waals surface area (Å²) in [6.45, 7) is 5.10. The minimum absolute atomic E-state index is 0.105. The molecule has 0 atom stereocenters. The quantitative estimate of drug-likeness (QED) is 0.322. The first-order valence-electron chi connectivity index (χ1n) is 12.2. The molecule has 1 aliphatic rings. The molecule has 1 amide bonds. The van der Waals surface area contributed by atoms with Crippen molar-refractivity contribution in [3.05, 3.63) is 78.3 Å². The number of pyridine rings is 1. The van der Waals surface area contributed by atoms with E-state index in [1.807, 2.05) is 25.1 Å². The normalized spacial score (nSPS) is 19.2. The van der Waals surface area contributed by atoms with E-state index in [-0.39, 0.29) is 17.1 Å². The molecule has 1 fully saturated rings. The number of carbonyl (C=O) groups is 1. The number of halogens is 1. The number of hydrogen-bond acceptors (Lipinski definition) is 8. The molecule has 0 radical (unpaired) electrons. The Hall–Kier alpha value is -4.22. The number of nitrogens with one attached hydrogen (secondary N) is 3. The molecule has 4 aromatic rings. The maximum atomic E-state index is 13.7. The van der Waals surface area contributed by atoms with E-state index in [1.54, 1.807) is 30.6 Å². The fourth-order valence-corrected chi connectivity index (χ4v) is 4.00. The van der Waals surface area contributed by atoms with Crippen LogP contribution in [0.4, 0.5) is 10.3 Å². The van der Waals surface area contributed by atoms with Crippen LogP contribution in [-0.2, 0) is 20.8 Å². The zero-order valence-corrected chi connectivity index (χ0v) is 21.1. The Morgan fingerprint density at radius 2 is 1.87 bits per heavy atom. The van der Waals surface area contributed by atoms with Crippen molar-refractivity contribution < 1.29 is 18.7 Å². The number of amides is 1. The fraction of sp³-hybridized carbons (Fsp3) is 0.296. The van der Waals surface area contributed by atoms with Crippen molar-refractivity contribution in [3.8, 4) is 22.6 Å². The van der Waals surface area contributed by atoms with Gasteiger partial charge in [0, 0.05) is 36.8 Å². The summed E-state index contributed by atoms with van der Waals surface area (Å²) in [6, 6.07) is 13.5. The van der Waals surface area contributed by atoms with E-state index in [0.29, 0.717) is 60.7 Å². The molecule has 5 rings (SSSR count). The summed E-state index contributed by atoms with van der Waals surface area (Å²) in [5, 5.41) is 6.01. The van der Waals surface area contributed by atoms with E-state index in [1.165, 1.54) is 19.1 Å². The van der Waals surface area contributed by atoms with E-state index in [4.69, 9.17) is 14.5 Å². The fourth-order valence-electron chi connectivity index (χ4n) is 4.00. The average molecular weight is 518 g/mol. The molecule has 0 unspecified atom stereocenters. The second kappa shape index (κ2) is 11.0. The predicted octanol–water partition coefficient (Wildman–Crippen LogP) is 3.87. The summed E-state index contributed by atoms with van der Waals surface area (Å²) >= 11 is 0. The van der Waals surface area contributed by atoms with Crippen LogP contribution in [0.5, 0.6) is 0 Å². The van der Waals surface area contributed by atoms with Crippen LogP contribution in [0.15, 0.2) is 60.9 Å². The lowest BCUT2D eigenvalue weighted by Crippen LogP contribution is -2.45. The minimum atomic E-state index is -0.739. The molecular weight excluding hydrogens is 489 g/mol. The third kappa shape index (κ3) is 6.01. The van der Waals surface area contributed by atoms with E-state index in [9.17, 15) is 9.18 Å². The van der Waals surface area contributed by atoms with Gasteiger partial charge < -0.3 is 25.1 Å². The highest BCUT2D eigenvalue weighted by atomic mass is 19.1. The highest BCUT2D eigenvalue weighted by molar-refractivity contribution is 5.77. The molecule has 11 heteroatoms. The van der Waals surface area contributed by atoms with Gasteiger partial charge in [0.05, 0.1) is 42.5 Å². The molecule has 3 aromatic heterocycles. The topological polar surface area (TPSA) is 127 Å². The molecule has 1 aliphatic heterocycles. The molecule has 3 N–H and O–H groups in total. The number of imidazole rings is 1. The first kappa shape index (κ1) is 25.4. The third-order valence-corrected chi connectivity index (χ3v) is 6.06. The Morgan fingerprint density at radius 3 is 2.58 bits per heavy atom. The number of anilines is 1. The van der Waals surface area contributed by atoms with Crippen LogP contribution in [0.3, 0.4) is 0 Å². The van der Waals surface area contributed by atoms with Crippen molar-refractivity contribution in [2.24, 2.45) is 5.41 Å². The Morgan fingerprint density at radius 1 is 1.08 bits per heavy atom. The summed E-state index contributed by atoms with van der Waals surface area (Å²) in [5.41, 5.74) is 2.99. The lowest BCUT2D eigenvalue weighted by molar-refractivity contribution is -0.232. The number of aromatic amines is 1. The van der Waals surface area contributed by atoms with Gasteiger partial charge in [0.15, 0.2) is 5.82 Å². The van der Waals surface area contributed by atoms with Crippen LogP contribution >= 0.6 is 0 Å². The molecule has 196 valence electrons. The van der Waals surface area contributed by atoms with Gasteiger partial charge in [0.1, 0.15) is 5.82 Å². The Kier molecular flexibility index (Phi) is 7.38. The second-order valence-electron chi connectivity index (χ2n) is 9.47. The van der Waals surface area contributed by atoms with Gasteiger partial charge in [-0.2, -0.15) is 0 Å². The van der Waals surface area contributed by atoms with Crippen molar-refractivity contribution in [1.82, 2.24) is 30.2 Å². The summed E-state index contributed by atoms with van der Waals surface area (Å²) in [6.07, 6.45) is 2.64. The van der Waals surface area contributed by atoms with Gasteiger partial charge in [0.25, 0.3) is 0 Å². The molecular formula is C27H28FN7O3. The number of H-pyrrole nitrogens is 1. The number of carbonyl (C=O) groups excluding carboxylic acids is 1. The van der Waals surface area contributed by atoms with Gasteiger partial charge in [-0.1, -0.05) is 13.0 Å². The Bertz CT molecular complexity index is 1390. The van der Waals surface area contributed by atoms with Crippen LogP contribution in [0.25, 0.3) is 22.6 Å². The van der Waals surface area contributed by atoms with Gasteiger partial charge >= 0.3 is 0 Å². The summed E-state index contributed by atoms with van der Waals surface area (Å²) in [5.74, 6) is 0.439. The van der Waals surface area contributed by atoms with Crippen LogP contribution in [-0.4, -0.2) is 50.6 Å². The predicted molar refractivity (Wildman–Crippen MR) is 138 cm³/mol. The number of nitrogens with zero attached hydrogens (tertiary/aromatic N) is 4. The molecule has 1 aromatic carbocycles. The van der Waals surface area contributed by atoms with E-state index >= 15 is 0 Å². The molecule has 4 heterocycles. The van der Waals surface area contributed by atoms with Gasteiger partial charge in [-0.15, -0.1) is 0 Å². The lowest BCUT2D eigenvalue weighted by Gasteiger charge is -2.36. The third-order valence-electron chi connectivity index (χ3n) is 6.06. The van der Waals surface area contributed by atoms with Gasteiger partial charge in [-0.25, -0.2) is 19.3 Å². The lowest BCUT2D eigenvalue weighted by atomic mass is 9.92. The molecule has 0 saturated carbocycles. The van der Waals surface area contributed by atoms with E-state index in [0.717, 1.165) is 5.69 Å². The monoisotopic (exact) mass is 517 g/mol. The smallest absolute Gasteiger partial charge is 0.223 e. The number of aromatic nitrogens is 5. The number of hydrogen-bond donors (Lipinski definition) is 3. The Labute approximate surface area is 219 Å². The first-order chi connectivity index (χ1) is 18.4. The van der Waals surface area contributed by atoms with Crippen molar-refractivity contribution >= 4 is 11.9 Å². The maximum Gasteiger partial charge on any atom is 0.223 e. The molecule has 0 bridgehead atoms. The minimum Gasteiger partial charge on any atom is -0.356 e. The van der Waals surface area contributed by atoms with E-state index in [2.05, 4.69) is 30.6 Å². The van der Waals surface area contributed by atoms with Crippen LogP contribution in [0.1, 0.15) is 31.7 Å². The largest absolute Gasteiger partial charge is 0.356 e. The summed E-state index contributed by atoms with van der Waals surface area (Å²) in [7, 11) is 0. The maximum absolute atomic E-state index is 13.7. The zero-order valence-electron chi connectivity index (χ0n) is 21.1. The van der Waals surface area contributed by atoms with Gasteiger partial charge in [-0.05, 0) is 42.5 Å². The highest BCUT2D eigenvalue weighted by Crippen LogP contribution is 2.35. The summed E-state index contributed by atoms with van der Waals surface area (Å²) < 4.78 is 25.7. The number of benzene rings is 1. The molecule has 10 nitrogen and oxygen atoms in total. The zero-order chi connectivity index (χ0) is 26.5. The van der Waals surface area contributed by atoms with Gasteiger partial charge in [0.2, 0.25) is 18.1 Å². The van der Waals surface area contributed by atoms with Crippen LogP contribution in [0.2, 0.25) is 0 Å². The van der Waals surface area contributed by atoms with Gasteiger partial charge in [-0.3, -0.25) is 9.78 Å². The number of ether oxygens (including phenoxy) is 2. The van der Waals surface area contributed by atoms with Crippen molar-refractivity contribution in [3.63, 3.8) is 0 Å². The molecule has 1 saturated heterocycles.